The third kappa shape index (κ3) is 6.07. The van der Waals surface area contributed by atoms with Gasteiger partial charge in [-0.05, 0) is 24.3 Å². The Balaban J connectivity index is 2.09. The zero-order valence-corrected chi connectivity index (χ0v) is 16.8. The minimum Gasteiger partial charge on any atom is -0.351 e. The lowest BCUT2D eigenvalue weighted by atomic mass is 10.2. The number of carbonyl (C=O) groups is 1. The fourth-order valence-electron chi connectivity index (χ4n) is 2.19. The van der Waals surface area contributed by atoms with Crippen LogP contribution in [0.2, 0.25) is 0 Å². The standard InChI is InChI=1S/C19H24N2O3S2/c1-19(2,3)25-14-13-20-18(22)16-11-7-8-12-17(16)21-26(23,24)15-9-5-4-6-10-15/h4-12,21H,13-14H2,1-3H3,(H,20,22). The summed E-state index contributed by atoms with van der Waals surface area (Å²) in [5.74, 6) is 0.485. The van der Waals surface area contributed by atoms with Gasteiger partial charge in [0, 0.05) is 17.0 Å². The van der Waals surface area contributed by atoms with Gasteiger partial charge in [0.25, 0.3) is 15.9 Å². The maximum Gasteiger partial charge on any atom is 0.261 e. The van der Waals surface area contributed by atoms with E-state index in [9.17, 15) is 13.2 Å². The first kappa shape index (κ1) is 20.3. The smallest absolute Gasteiger partial charge is 0.261 e. The largest absolute Gasteiger partial charge is 0.351 e. The van der Waals surface area contributed by atoms with Gasteiger partial charge in [0.15, 0.2) is 0 Å². The van der Waals surface area contributed by atoms with Crippen molar-refractivity contribution in [3.63, 3.8) is 0 Å². The molecule has 0 atom stereocenters. The van der Waals surface area contributed by atoms with Crippen molar-refractivity contribution in [1.29, 1.82) is 0 Å². The summed E-state index contributed by atoms with van der Waals surface area (Å²) >= 11 is 1.76. The van der Waals surface area contributed by atoms with E-state index in [1.165, 1.54) is 12.1 Å². The average Bonchev–Trinajstić information content (AvgIpc) is 2.59. The van der Waals surface area contributed by atoms with Gasteiger partial charge >= 0.3 is 0 Å². The molecule has 0 fully saturated rings. The second-order valence-corrected chi connectivity index (χ2v) is 10.3. The van der Waals surface area contributed by atoms with Gasteiger partial charge in [0.2, 0.25) is 0 Å². The first-order chi connectivity index (χ1) is 12.2. The maximum absolute atomic E-state index is 12.5. The van der Waals surface area contributed by atoms with Crippen LogP contribution < -0.4 is 10.0 Å². The third-order valence-corrected chi connectivity index (χ3v) is 6.05. The number of para-hydroxylation sites is 1. The van der Waals surface area contributed by atoms with Gasteiger partial charge in [-0.3, -0.25) is 9.52 Å². The molecule has 5 nitrogen and oxygen atoms in total. The van der Waals surface area contributed by atoms with Crippen molar-refractivity contribution in [2.75, 3.05) is 17.0 Å². The van der Waals surface area contributed by atoms with Crippen LogP contribution in [0.15, 0.2) is 59.5 Å². The third-order valence-electron chi connectivity index (χ3n) is 3.39. The van der Waals surface area contributed by atoms with Gasteiger partial charge in [-0.15, -0.1) is 0 Å². The minimum absolute atomic E-state index is 0.133. The summed E-state index contributed by atoms with van der Waals surface area (Å²) in [6.45, 7) is 6.87. The molecule has 26 heavy (non-hydrogen) atoms. The molecular formula is C19H24N2O3S2. The van der Waals surface area contributed by atoms with Crippen LogP contribution in [0.1, 0.15) is 31.1 Å². The Morgan fingerprint density at radius 1 is 1.00 bits per heavy atom. The number of nitrogens with one attached hydrogen (secondary N) is 2. The molecule has 0 aliphatic carbocycles. The number of amides is 1. The predicted octanol–water partition coefficient (Wildman–Crippen LogP) is 3.75. The molecule has 0 unspecified atom stereocenters. The fourth-order valence-corrected chi connectivity index (χ4v) is 4.11. The highest BCUT2D eigenvalue weighted by Crippen LogP contribution is 2.23. The van der Waals surface area contributed by atoms with Crippen molar-refractivity contribution < 1.29 is 13.2 Å². The molecule has 0 heterocycles. The Morgan fingerprint density at radius 3 is 2.27 bits per heavy atom. The highest BCUT2D eigenvalue weighted by atomic mass is 32.2. The first-order valence-electron chi connectivity index (χ1n) is 8.28. The molecule has 2 aromatic carbocycles. The molecule has 0 aliphatic rings. The van der Waals surface area contributed by atoms with E-state index in [0.717, 1.165) is 5.75 Å². The summed E-state index contributed by atoms with van der Waals surface area (Å²) in [7, 11) is -3.75. The molecule has 0 spiro atoms. The molecule has 140 valence electrons. The van der Waals surface area contributed by atoms with Crippen molar-refractivity contribution in [2.24, 2.45) is 0 Å². The van der Waals surface area contributed by atoms with Crippen LogP contribution >= 0.6 is 11.8 Å². The molecule has 0 aromatic heterocycles. The van der Waals surface area contributed by atoms with E-state index < -0.39 is 10.0 Å². The summed E-state index contributed by atoms with van der Waals surface area (Å²) in [4.78, 5) is 12.6. The first-order valence-corrected chi connectivity index (χ1v) is 10.7. The number of anilines is 1. The van der Waals surface area contributed by atoms with Crippen LogP contribution in [0.5, 0.6) is 0 Å². The predicted molar refractivity (Wildman–Crippen MR) is 108 cm³/mol. The van der Waals surface area contributed by atoms with E-state index in [1.807, 2.05) is 0 Å². The zero-order valence-electron chi connectivity index (χ0n) is 15.2. The molecule has 2 rings (SSSR count). The number of sulfonamides is 1. The Hall–Kier alpha value is -1.99. The monoisotopic (exact) mass is 392 g/mol. The Kier molecular flexibility index (Phi) is 6.72. The van der Waals surface area contributed by atoms with Crippen LogP contribution in [0.25, 0.3) is 0 Å². The van der Waals surface area contributed by atoms with Gasteiger partial charge in [-0.25, -0.2) is 8.42 Å². The van der Waals surface area contributed by atoms with Crippen molar-refractivity contribution in [2.45, 2.75) is 30.4 Å². The molecule has 0 aliphatic heterocycles. The molecule has 2 aromatic rings. The number of benzene rings is 2. The number of rotatable bonds is 7. The highest BCUT2D eigenvalue weighted by Gasteiger charge is 2.18. The highest BCUT2D eigenvalue weighted by molar-refractivity contribution is 8.00. The van der Waals surface area contributed by atoms with E-state index in [2.05, 4.69) is 30.8 Å². The number of carbonyl (C=O) groups excluding carboxylic acids is 1. The van der Waals surface area contributed by atoms with Crippen LogP contribution in [0.4, 0.5) is 5.69 Å². The van der Waals surface area contributed by atoms with Gasteiger partial charge in [-0.1, -0.05) is 51.1 Å². The van der Waals surface area contributed by atoms with Crippen LogP contribution in [-0.4, -0.2) is 31.4 Å². The van der Waals surface area contributed by atoms with Gasteiger partial charge < -0.3 is 5.32 Å². The Morgan fingerprint density at radius 2 is 1.62 bits per heavy atom. The number of hydrogen-bond acceptors (Lipinski definition) is 4. The lowest BCUT2D eigenvalue weighted by Crippen LogP contribution is -2.28. The average molecular weight is 393 g/mol. The lowest BCUT2D eigenvalue weighted by molar-refractivity contribution is 0.0957. The molecular weight excluding hydrogens is 368 g/mol. The second-order valence-electron chi connectivity index (χ2n) is 6.68. The minimum atomic E-state index is -3.75. The molecule has 0 radical (unpaired) electrons. The van der Waals surface area contributed by atoms with Gasteiger partial charge in [-0.2, -0.15) is 11.8 Å². The Bertz CT molecular complexity index is 845. The van der Waals surface area contributed by atoms with Crippen molar-refractivity contribution in [3.05, 3.63) is 60.2 Å². The summed E-state index contributed by atoms with van der Waals surface area (Å²) in [6, 6.07) is 14.7. The molecule has 0 saturated carbocycles. The second kappa shape index (κ2) is 8.60. The van der Waals surface area contributed by atoms with Crippen LogP contribution in [-0.2, 0) is 10.0 Å². The fraction of sp³-hybridized carbons (Fsp3) is 0.316. The Labute approximate surface area is 159 Å². The van der Waals surface area contributed by atoms with E-state index >= 15 is 0 Å². The molecule has 0 saturated heterocycles. The lowest BCUT2D eigenvalue weighted by Gasteiger charge is -2.17. The number of hydrogen-bond donors (Lipinski definition) is 2. The maximum atomic E-state index is 12.5. The molecule has 0 bridgehead atoms. The zero-order chi connectivity index (χ0) is 19.2. The van der Waals surface area contributed by atoms with E-state index in [4.69, 9.17) is 0 Å². The van der Waals surface area contributed by atoms with Crippen molar-refractivity contribution >= 4 is 33.4 Å². The number of thioether (sulfide) groups is 1. The van der Waals surface area contributed by atoms with E-state index in [0.29, 0.717) is 12.1 Å². The molecule has 2 N–H and O–H groups in total. The van der Waals surface area contributed by atoms with Gasteiger partial charge in [0.05, 0.1) is 16.1 Å². The van der Waals surface area contributed by atoms with Crippen molar-refractivity contribution in [1.82, 2.24) is 5.32 Å². The van der Waals surface area contributed by atoms with E-state index in [1.54, 1.807) is 54.2 Å². The quantitative estimate of drug-likeness (QED) is 0.704. The normalized spacial score (nSPS) is 11.8. The summed E-state index contributed by atoms with van der Waals surface area (Å²) in [6.07, 6.45) is 0. The SMILES string of the molecule is CC(C)(C)SCCNC(=O)c1ccccc1NS(=O)(=O)c1ccccc1. The van der Waals surface area contributed by atoms with E-state index in [-0.39, 0.29) is 21.2 Å². The summed E-state index contributed by atoms with van der Waals surface area (Å²) in [5, 5.41) is 2.84. The van der Waals surface area contributed by atoms with Crippen molar-refractivity contribution in [3.8, 4) is 0 Å². The van der Waals surface area contributed by atoms with Crippen LogP contribution in [0, 0.1) is 0 Å². The molecule has 1 amide bonds. The van der Waals surface area contributed by atoms with Gasteiger partial charge in [0.1, 0.15) is 0 Å². The van der Waals surface area contributed by atoms with Crippen LogP contribution in [0.3, 0.4) is 0 Å². The summed E-state index contributed by atoms with van der Waals surface area (Å²) in [5.41, 5.74) is 0.560. The summed E-state index contributed by atoms with van der Waals surface area (Å²) < 4.78 is 27.6. The topological polar surface area (TPSA) is 75.3 Å². The molecule has 7 heteroatoms.